The maximum atomic E-state index is 12.5. The van der Waals surface area contributed by atoms with Gasteiger partial charge in [0.05, 0.1) is 5.54 Å². The predicted octanol–water partition coefficient (Wildman–Crippen LogP) is 1.23. The third-order valence-electron chi connectivity index (χ3n) is 5.73. The Labute approximate surface area is 141 Å². The van der Waals surface area contributed by atoms with Crippen molar-refractivity contribution in [2.45, 2.75) is 49.7 Å². The highest BCUT2D eigenvalue weighted by Crippen LogP contribution is 2.43. The minimum Gasteiger partial charge on any atom is -0.368 e. The Morgan fingerprint density at radius 2 is 2.04 bits per heavy atom. The first-order chi connectivity index (χ1) is 11.7. The fourth-order valence-electron chi connectivity index (χ4n) is 4.40. The molecule has 4 rings (SSSR count). The van der Waals surface area contributed by atoms with Gasteiger partial charge in [-0.25, -0.2) is 0 Å². The number of hydrogen-bond donors (Lipinski definition) is 1. The average Bonchev–Trinajstić information content (AvgIpc) is 3.24. The third-order valence-corrected chi connectivity index (χ3v) is 5.73. The van der Waals surface area contributed by atoms with Crippen LogP contribution in [0.5, 0.6) is 0 Å². The van der Waals surface area contributed by atoms with Crippen LogP contribution in [-0.2, 0) is 14.3 Å². The monoisotopic (exact) mass is 329 g/mol. The number of likely N-dealkylation sites (tertiary alicyclic amines) is 1. The van der Waals surface area contributed by atoms with Crippen LogP contribution in [-0.4, -0.2) is 53.0 Å². The Bertz CT molecular complexity index is 620. The fourth-order valence-corrected chi connectivity index (χ4v) is 4.40. The summed E-state index contributed by atoms with van der Waals surface area (Å²) in [5.41, 5.74) is 0.924. The molecule has 0 radical (unpaired) electrons. The summed E-state index contributed by atoms with van der Waals surface area (Å²) in [6.45, 7) is 2.05. The van der Waals surface area contributed by atoms with Gasteiger partial charge in [-0.2, -0.15) is 0 Å². The standard InChI is InChI=1S/C18H23N3O3/c22-16-12-14(13-3-7-19-8-4-13)18(20-16)5-9-21(10-6-18)17(23)15-2-1-11-24-15/h3-4,7-8,14-15H,1-2,5-6,9-12H2,(H,20,22)/t14-,15+/m0/s1. The van der Waals surface area contributed by atoms with Crippen molar-refractivity contribution < 1.29 is 14.3 Å². The van der Waals surface area contributed by atoms with E-state index < -0.39 is 0 Å². The van der Waals surface area contributed by atoms with Gasteiger partial charge in [0.15, 0.2) is 0 Å². The smallest absolute Gasteiger partial charge is 0.251 e. The molecule has 1 spiro atoms. The van der Waals surface area contributed by atoms with Crippen molar-refractivity contribution in [3.63, 3.8) is 0 Å². The van der Waals surface area contributed by atoms with Crippen LogP contribution in [0.15, 0.2) is 24.5 Å². The van der Waals surface area contributed by atoms with Crippen molar-refractivity contribution in [1.29, 1.82) is 0 Å². The van der Waals surface area contributed by atoms with Gasteiger partial charge in [0, 0.05) is 44.4 Å². The number of piperidine rings is 1. The Morgan fingerprint density at radius 1 is 1.29 bits per heavy atom. The molecule has 2 amide bonds. The van der Waals surface area contributed by atoms with Gasteiger partial charge < -0.3 is 15.0 Å². The van der Waals surface area contributed by atoms with Crippen LogP contribution in [0.25, 0.3) is 0 Å². The zero-order valence-corrected chi connectivity index (χ0v) is 13.7. The fraction of sp³-hybridized carbons (Fsp3) is 0.611. The molecule has 3 aliphatic heterocycles. The number of carbonyl (C=O) groups is 2. The molecule has 2 atom stereocenters. The lowest BCUT2D eigenvalue weighted by atomic mass is 9.74. The Kier molecular flexibility index (Phi) is 4.00. The summed E-state index contributed by atoms with van der Waals surface area (Å²) < 4.78 is 5.52. The van der Waals surface area contributed by atoms with Crippen molar-refractivity contribution in [2.75, 3.05) is 19.7 Å². The molecule has 3 fully saturated rings. The van der Waals surface area contributed by atoms with Crippen LogP contribution < -0.4 is 5.32 Å². The molecule has 3 saturated heterocycles. The van der Waals surface area contributed by atoms with E-state index in [0.717, 1.165) is 31.2 Å². The lowest BCUT2D eigenvalue weighted by Gasteiger charge is -2.43. The summed E-state index contributed by atoms with van der Waals surface area (Å²) in [7, 11) is 0. The van der Waals surface area contributed by atoms with Gasteiger partial charge in [-0.15, -0.1) is 0 Å². The normalized spacial score (nSPS) is 29.0. The Morgan fingerprint density at radius 3 is 2.71 bits per heavy atom. The summed E-state index contributed by atoms with van der Waals surface area (Å²) in [4.78, 5) is 30.6. The molecule has 0 aromatic carbocycles. The average molecular weight is 329 g/mol. The number of aromatic nitrogens is 1. The van der Waals surface area contributed by atoms with Crippen LogP contribution in [0.1, 0.15) is 43.6 Å². The van der Waals surface area contributed by atoms with Crippen molar-refractivity contribution in [3.8, 4) is 0 Å². The molecule has 128 valence electrons. The van der Waals surface area contributed by atoms with E-state index in [1.54, 1.807) is 12.4 Å². The molecule has 24 heavy (non-hydrogen) atoms. The van der Waals surface area contributed by atoms with Crippen molar-refractivity contribution >= 4 is 11.8 Å². The summed E-state index contributed by atoms with van der Waals surface area (Å²) >= 11 is 0. The van der Waals surface area contributed by atoms with E-state index in [-0.39, 0.29) is 29.4 Å². The number of pyridine rings is 1. The number of rotatable bonds is 2. The first kappa shape index (κ1) is 15.6. The summed E-state index contributed by atoms with van der Waals surface area (Å²) in [6, 6.07) is 3.99. The minimum atomic E-state index is -0.256. The van der Waals surface area contributed by atoms with Gasteiger partial charge in [-0.1, -0.05) is 0 Å². The molecular formula is C18H23N3O3. The van der Waals surface area contributed by atoms with Gasteiger partial charge in [-0.3, -0.25) is 14.6 Å². The zero-order chi connectivity index (χ0) is 16.6. The van der Waals surface area contributed by atoms with Crippen LogP contribution in [0.2, 0.25) is 0 Å². The van der Waals surface area contributed by atoms with E-state index >= 15 is 0 Å². The number of ether oxygens (including phenoxy) is 1. The molecule has 4 heterocycles. The van der Waals surface area contributed by atoms with Crippen molar-refractivity contribution in [3.05, 3.63) is 30.1 Å². The first-order valence-electron chi connectivity index (χ1n) is 8.79. The van der Waals surface area contributed by atoms with Gasteiger partial charge in [-0.05, 0) is 43.4 Å². The topological polar surface area (TPSA) is 71.5 Å². The molecule has 1 aromatic heterocycles. The van der Waals surface area contributed by atoms with E-state index in [1.807, 2.05) is 17.0 Å². The molecule has 0 bridgehead atoms. The quantitative estimate of drug-likeness (QED) is 0.886. The molecule has 0 unspecified atom stereocenters. The maximum Gasteiger partial charge on any atom is 0.251 e. The van der Waals surface area contributed by atoms with Crippen LogP contribution >= 0.6 is 0 Å². The third kappa shape index (κ3) is 2.69. The highest BCUT2D eigenvalue weighted by molar-refractivity contribution is 5.83. The largest absolute Gasteiger partial charge is 0.368 e. The van der Waals surface area contributed by atoms with Crippen LogP contribution in [0, 0.1) is 0 Å². The number of nitrogens with zero attached hydrogens (tertiary/aromatic N) is 2. The first-order valence-corrected chi connectivity index (χ1v) is 8.79. The van der Waals surface area contributed by atoms with E-state index in [2.05, 4.69) is 10.3 Å². The van der Waals surface area contributed by atoms with Gasteiger partial charge >= 0.3 is 0 Å². The predicted molar refractivity (Wildman–Crippen MR) is 87.3 cm³/mol. The van der Waals surface area contributed by atoms with Gasteiger partial charge in [0.1, 0.15) is 6.10 Å². The Hall–Kier alpha value is -1.95. The van der Waals surface area contributed by atoms with Crippen LogP contribution in [0.4, 0.5) is 0 Å². The molecule has 6 nitrogen and oxygen atoms in total. The number of hydrogen-bond acceptors (Lipinski definition) is 4. The van der Waals surface area contributed by atoms with Crippen LogP contribution in [0.3, 0.4) is 0 Å². The highest BCUT2D eigenvalue weighted by atomic mass is 16.5. The van der Waals surface area contributed by atoms with Gasteiger partial charge in [0.2, 0.25) is 5.91 Å². The molecule has 1 N–H and O–H groups in total. The second-order valence-corrected chi connectivity index (χ2v) is 7.07. The van der Waals surface area contributed by atoms with E-state index in [1.165, 1.54) is 0 Å². The second kappa shape index (κ2) is 6.16. The van der Waals surface area contributed by atoms with E-state index in [9.17, 15) is 9.59 Å². The number of carbonyl (C=O) groups excluding carboxylic acids is 2. The second-order valence-electron chi connectivity index (χ2n) is 7.07. The molecule has 0 aliphatic carbocycles. The molecular weight excluding hydrogens is 306 g/mol. The van der Waals surface area contributed by atoms with Crippen molar-refractivity contribution in [1.82, 2.24) is 15.2 Å². The number of nitrogens with one attached hydrogen (secondary N) is 1. The lowest BCUT2D eigenvalue weighted by molar-refractivity contribution is -0.142. The molecule has 3 aliphatic rings. The SMILES string of the molecule is O=C1C[C@@H](c2ccncc2)C2(CCN(C(=O)[C@H]3CCCO3)CC2)N1. The number of amides is 2. The zero-order valence-electron chi connectivity index (χ0n) is 13.7. The van der Waals surface area contributed by atoms with E-state index in [0.29, 0.717) is 26.1 Å². The summed E-state index contributed by atoms with van der Waals surface area (Å²) in [6.07, 6.45) is 7.21. The molecule has 1 aromatic rings. The summed E-state index contributed by atoms with van der Waals surface area (Å²) in [5.74, 6) is 0.385. The molecule has 6 heteroatoms. The Balaban J connectivity index is 1.48. The van der Waals surface area contributed by atoms with Gasteiger partial charge in [0.25, 0.3) is 5.91 Å². The highest BCUT2D eigenvalue weighted by Gasteiger charge is 2.49. The molecule has 0 saturated carbocycles. The minimum absolute atomic E-state index is 0.107. The summed E-state index contributed by atoms with van der Waals surface area (Å²) in [5, 5.41) is 3.22. The maximum absolute atomic E-state index is 12.5. The lowest BCUT2D eigenvalue weighted by Crippen LogP contribution is -2.55. The van der Waals surface area contributed by atoms with Crippen molar-refractivity contribution in [2.24, 2.45) is 0 Å². The van der Waals surface area contributed by atoms with E-state index in [4.69, 9.17) is 4.74 Å².